The second kappa shape index (κ2) is 7.54. The molecule has 0 aromatic carbocycles. The number of hydrogen-bond acceptors (Lipinski definition) is 3. The molecule has 5 nitrogen and oxygen atoms in total. The highest BCUT2D eigenvalue weighted by Crippen LogP contribution is 2.47. The van der Waals surface area contributed by atoms with Crippen molar-refractivity contribution in [3.05, 3.63) is 28.6 Å². The monoisotopic (exact) mass is 416 g/mol. The molecule has 2 unspecified atom stereocenters. The van der Waals surface area contributed by atoms with Crippen LogP contribution in [0.4, 0.5) is 13.2 Å². The minimum Gasteiger partial charge on any atom is -0.369 e. The highest BCUT2D eigenvalue weighted by Gasteiger charge is 2.49. The standard InChI is InChI=1S/C19H24ClF3N4O/c1-11-7-16(19(21,22)23)27(26-11)10-13-3-5-14(6-4-13)18(17(24)28)8-15(20)9-25-12(18)2/h7-9,12-14H,3-6,10H2,1-2H3,(H2,24,28). The van der Waals surface area contributed by atoms with Gasteiger partial charge in [0, 0.05) is 12.8 Å². The summed E-state index contributed by atoms with van der Waals surface area (Å²) in [7, 11) is 0. The Bertz CT molecular complexity index is 809. The van der Waals surface area contributed by atoms with Crippen molar-refractivity contribution >= 4 is 23.7 Å². The van der Waals surface area contributed by atoms with E-state index in [0.717, 1.165) is 10.7 Å². The lowest BCUT2D eigenvalue weighted by Crippen LogP contribution is -2.51. The molecule has 1 amide bonds. The van der Waals surface area contributed by atoms with E-state index in [1.165, 1.54) is 6.21 Å². The van der Waals surface area contributed by atoms with Crippen molar-refractivity contribution in [2.24, 2.45) is 28.0 Å². The third kappa shape index (κ3) is 3.83. The van der Waals surface area contributed by atoms with Gasteiger partial charge in [0.2, 0.25) is 5.91 Å². The number of carbonyl (C=O) groups is 1. The molecule has 0 radical (unpaired) electrons. The molecule has 0 bridgehead atoms. The number of carbonyl (C=O) groups excluding carboxylic acids is 1. The summed E-state index contributed by atoms with van der Waals surface area (Å²) in [6, 6.07) is 0.752. The number of aromatic nitrogens is 2. The molecule has 1 aromatic heterocycles. The third-order valence-corrected chi connectivity index (χ3v) is 6.27. The fraction of sp³-hybridized carbons (Fsp3) is 0.632. The van der Waals surface area contributed by atoms with Gasteiger partial charge < -0.3 is 5.73 Å². The molecule has 9 heteroatoms. The Hall–Kier alpha value is -1.83. The Morgan fingerprint density at radius 3 is 2.57 bits per heavy atom. The lowest BCUT2D eigenvalue weighted by atomic mass is 9.62. The lowest BCUT2D eigenvalue weighted by molar-refractivity contribution is -0.144. The Kier molecular flexibility index (Phi) is 5.62. The molecule has 2 atom stereocenters. The second-order valence-corrected chi connectivity index (χ2v) is 8.29. The quantitative estimate of drug-likeness (QED) is 0.803. The number of hydrogen-bond donors (Lipinski definition) is 1. The van der Waals surface area contributed by atoms with Crippen molar-refractivity contribution in [2.45, 2.75) is 58.3 Å². The van der Waals surface area contributed by atoms with Crippen LogP contribution in [0.5, 0.6) is 0 Å². The van der Waals surface area contributed by atoms with E-state index in [1.54, 1.807) is 13.0 Å². The second-order valence-electron chi connectivity index (χ2n) is 7.85. The molecule has 0 spiro atoms. The zero-order chi connectivity index (χ0) is 20.7. The summed E-state index contributed by atoms with van der Waals surface area (Å²) in [5, 5.41) is 4.41. The van der Waals surface area contributed by atoms with Gasteiger partial charge in [-0.1, -0.05) is 11.6 Å². The molecule has 154 valence electrons. The SMILES string of the molecule is Cc1cc(C(F)(F)F)n(CC2CCC(C3(C(N)=O)C=C(Cl)C=NC3C)CC2)n1. The van der Waals surface area contributed by atoms with Gasteiger partial charge in [0.25, 0.3) is 0 Å². The van der Waals surface area contributed by atoms with Crippen LogP contribution in [0.3, 0.4) is 0 Å². The van der Waals surface area contributed by atoms with E-state index in [4.69, 9.17) is 17.3 Å². The first kappa shape index (κ1) is 20.9. The van der Waals surface area contributed by atoms with Crippen LogP contribution in [-0.2, 0) is 17.5 Å². The summed E-state index contributed by atoms with van der Waals surface area (Å²) in [5.74, 6) is -0.437. The first-order valence-corrected chi connectivity index (χ1v) is 9.75. The fourth-order valence-corrected chi connectivity index (χ4v) is 4.85. The van der Waals surface area contributed by atoms with E-state index in [-0.39, 0.29) is 24.4 Å². The van der Waals surface area contributed by atoms with Gasteiger partial charge in [0.15, 0.2) is 0 Å². The number of rotatable bonds is 4. The van der Waals surface area contributed by atoms with Gasteiger partial charge in [-0.15, -0.1) is 0 Å². The normalized spacial score (nSPS) is 30.9. The van der Waals surface area contributed by atoms with E-state index in [9.17, 15) is 18.0 Å². The summed E-state index contributed by atoms with van der Waals surface area (Å²) >= 11 is 6.11. The van der Waals surface area contributed by atoms with E-state index in [0.29, 0.717) is 36.4 Å². The number of allylic oxidation sites excluding steroid dienone is 1. The fourth-order valence-electron chi connectivity index (χ4n) is 4.61. The summed E-state index contributed by atoms with van der Waals surface area (Å²) < 4.78 is 40.6. The van der Waals surface area contributed by atoms with Crippen LogP contribution in [-0.4, -0.2) is 27.9 Å². The Balaban J connectivity index is 1.73. The first-order valence-electron chi connectivity index (χ1n) is 9.37. The van der Waals surface area contributed by atoms with Gasteiger partial charge in [0.05, 0.1) is 22.2 Å². The topological polar surface area (TPSA) is 73.3 Å². The smallest absolute Gasteiger partial charge is 0.369 e. The molecule has 0 saturated heterocycles. The molecule has 1 fully saturated rings. The predicted octanol–water partition coefficient (Wildman–Crippen LogP) is 4.08. The van der Waals surface area contributed by atoms with E-state index in [1.807, 2.05) is 6.92 Å². The molecule has 1 aromatic rings. The van der Waals surface area contributed by atoms with Gasteiger partial charge in [-0.05, 0) is 63.5 Å². The van der Waals surface area contributed by atoms with Crippen LogP contribution in [0, 0.1) is 24.2 Å². The zero-order valence-corrected chi connectivity index (χ0v) is 16.6. The van der Waals surface area contributed by atoms with Crippen molar-refractivity contribution in [1.82, 2.24) is 9.78 Å². The van der Waals surface area contributed by atoms with Crippen LogP contribution in [0.15, 0.2) is 22.2 Å². The summed E-state index contributed by atoms with van der Waals surface area (Å²) in [6.45, 7) is 3.61. The summed E-state index contributed by atoms with van der Waals surface area (Å²) in [4.78, 5) is 16.7. The van der Waals surface area contributed by atoms with Crippen LogP contribution in [0.25, 0.3) is 0 Å². The largest absolute Gasteiger partial charge is 0.433 e. The molecular weight excluding hydrogens is 393 g/mol. The predicted molar refractivity (Wildman–Crippen MR) is 101 cm³/mol. The molecule has 1 saturated carbocycles. The van der Waals surface area contributed by atoms with Gasteiger partial charge in [-0.25, -0.2) is 0 Å². The van der Waals surface area contributed by atoms with Crippen LogP contribution in [0.1, 0.15) is 44.0 Å². The highest BCUT2D eigenvalue weighted by atomic mass is 35.5. The average Bonchev–Trinajstić information content (AvgIpc) is 2.98. The number of halogens is 4. The molecule has 1 aliphatic carbocycles. The number of aliphatic imine (C=N–C) groups is 1. The first-order chi connectivity index (χ1) is 13.0. The molecule has 2 aliphatic rings. The van der Waals surface area contributed by atoms with Gasteiger partial charge in [0.1, 0.15) is 5.69 Å². The molecule has 2 N–H and O–H groups in total. The summed E-state index contributed by atoms with van der Waals surface area (Å²) in [5.41, 5.74) is 4.44. The Labute approximate surface area is 166 Å². The van der Waals surface area contributed by atoms with Crippen molar-refractivity contribution in [3.8, 4) is 0 Å². The Morgan fingerprint density at radius 2 is 2.00 bits per heavy atom. The van der Waals surface area contributed by atoms with E-state index in [2.05, 4.69) is 10.1 Å². The van der Waals surface area contributed by atoms with Crippen molar-refractivity contribution in [1.29, 1.82) is 0 Å². The van der Waals surface area contributed by atoms with Gasteiger partial charge in [-0.3, -0.25) is 14.5 Å². The van der Waals surface area contributed by atoms with Crippen molar-refractivity contribution < 1.29 is 18.0 Å². The molecule has 2 heterocycles. The number of nitrogens with two attached hydrogens (primary N) is 1. The highest BCUT2D eigenvalue weighted by molar-refractivity contribution is 6.39. The van der Waals surface area contributed by atoms with E-state index >= 15 is 0 Å². The number of alkyl halides is 3. The number of amides is 1. The van der Waals surface area contributed by atoms with Crippen LogP contribution >= 0.6 is 11.6 Å². The minimum atomic E-state index is -4.43. The van der Waals surface area contributed by atoms with Crippen molar-refractivity contribution in [3.63, 3.8) is 0 Å². The summed E-state index contributed by atoms with van der Waals surface area (Å²) in [6.07, 6.45) is 1.54. The Morgan fingerprint density at radius 1 is 1.36 bits per heavy atom. The molecule has 28 heavy (non-hydrogen) atoms. The van der Waals surface area contributed by atoms with Crippen LogP contribution < -0.4 is 5.73 Å². The number of dihydropyridines is 1. The third-order valence-electron chi connectivity index (χ3n) is 6.06. The van der Waals surface area contributed by atoms with Crippen LogP contribution in [0.2, 0.25) is 0 Å². The maximum absolute atomic E-state index is 13.2. The van der Waals surface area contributed by atoms with Gasteiger partial charge >= 0.3 is 6.18 Å². The number of aryl methyl sites for hydroxylation is 1. The molecule has 1 aliphatic heterocycles. The maximum Gasteiger partial charge on any atom is 0.433 e. The van der Waals surface area contributed by atoms with E-state index < -0.39 is 23.2 Å². The van der Waals surface area contributed by atoms with Gasteiger partial charge in [-0.2, -0.15) is 18.3 Å². The number of primary amides is 1. The maximum atomic E-state index is 13.2. The van der Waals surface area contributed by atoms with Crippen molar-refractivity contribution in [2.75, 3.05) is 0 Å². The molecule has 3 rings (SSSR count). The zero-order valence-electron chi connectivity index (χ0n) is 15.8. The number of nitrogens with zero attached hydrogens (tertiary/aromatic N) is 3. The lowest BCUT2D eigenvalue weighted by Gasteiger charge is -2.43. The average molecular weight is 417 g/mol. The minimum absolute atomic E-state index is 0.0381. The molecular formula is C19H24ClF3N4O.